The molecule has 0 unspecified atom stereocenters. The Morgan fingerprint density at radius 1 is 1.19 bits per heavy atom. The van der Waals surface area contributed by atoms with Crippen molar-refractivity contribution in [3.63, 3.8) is 0 Å². The molecule has 0 saturated carbocycles. The topological polar surface area (TPSA) is 65.2 Å². The number of aromatic nitrogens is 2. The van der Waals surface area contributed by atoms with Gasteiger partial charge in [0.05, 0.1) is 5.75 Å². The Morgan fingerprint density at radius 2 is 1.93 bits per heavy atom. The van der Waals surface area contributed by atoms with E-state index in [2.05, 4.69) is 16.3 Å². The quantitative estimate of drug-likeness (QED) is 0.444. The van der Waals surface area contributed by atoms with E-state index in [1.165, 1.54) is 29.5 Å². The molecular formula is C20H19FN2O3S. The summed E-state index contributed by atoms with van der Waals surface area (Å²) in [4.78, 5) is 13.2. The van der Waals surface area contributed by atoms with Crippen LogP contribution in [0.15, 0.2) is 51.8 Å². The zero-order valence-electron chi connectivity index (χ0n) is 15.2. The highest BCUT2D eigenvalue weighted by molar-refractivity contribution is 8.00. The van der Waals surface area contributed by atoms with Crippen molar-refractivity contribution in [3.8, 4) is 11.5 Å². The van der Waals surface area contributed by atoms with Crippen LogP contribution in [0, 0.1) is 19.7 Å². The summed E-state index contributed by atoms with van der Waals surface area (Å²) >= 11 is 1.43. The lowest BCUT2D eigenvalue weighted by Crippen LogP contribution is -2.11. The molecule has 0 bridgehead atoms. The molecule has 0 spiro atoms. The van der Waals surface area contributed by atoms with Crippen LogP contribution >= 0.6 is 11.8 Å². The molecule has 2 aromatic carbocycles. The van der Waals surface area contributed by atoms with Gasteiger partial charge in [0.2, 0.25) is 5.89 Å². The number of nitrogens with zero attached hydrogens (tertiary/aromatic N) is 2. The Kier molecular flexibility index (Phi) is 5.91. The van der Waals surface area contributed by atoms with Crippen molar-refractivity contribution in [2.75, 3.05) is 5.75 Å². The molecule has 27 heavy (non-hydrogen) atoms. The Bertz CT molecular complexity index is 941. The Morgan fingerprint density at radius 3 is 2.63 bits per heavy atom. The maximum Gasteiger partial charge on any atom is 0.317 e. The van der Waals surface area contributed by atoms with E-state index in [0.29, 0.717) is 5.56 Å². The van der Waals surface area contributed by atoms with Crippen molar-refractivity contribution in [2.45, 2.75) is 31.8 Å². The monoisotopic (exact) mass is 386 g/mol. The van der Waals surface area contributed by atoms with E-state index < -0.39 is 6.10 Å². The minimum absolute atomic E-state index is 0.188. The molecule has 3 rings (SSSR count). The van der Waals surface area contributed by atoms with Gasteiger partial charge in [0, 0.05) is 10.5 Å². The normalized spacial score (nSPS) is 12.0. The second kappa shape index (κ2) is 8.35. The van der Waals surface area contributed by atoms with Gasteiger partial charge in [-0.1, -0.05) is 17.7 Å². The van der Waals surface area contributed by atoms with Crippen LogP contribution in [0.4, 0.5) is 4.39 Å². The summed E-state index contributed by atoms with van der Waals surface area (Å²) in [5.41, 5.74) is 2.90. The molecule has 0 radical (unpaired) electrons. The summed E-state index contributed by atoms with van der Waals surface area (Å²) in [6.07, 6.45) is -0.668. The third kappa shape index (κ3) is 4.95. The van der Waals surface area contributed by atoms with E-state index in [4.69, 9.17) is 9.15 Å². The van der Waals surface area contributed by atoms with Gasteiger partial charge in [-0.3, -0.25) is 4.79 Å². The SMILES string of the molecule is Cc1ccc(SCC(=O)O[C@H](C)c2nnc(-c3ccc(F)cc3)o2)c(C)c1. The number of esters is 1. The minimum Gasteiger partial charge on any atom is -0.452 e. The fraction of sp³-hybridized carbons (Fsp3) is 0.250. The van der Waals surface area contributed by atoms with Crippen molar-refractivity contribution in [3.05, 3.63) is 65.3 Å². The highest BCUT2D eigenvalue weighted by Gasteiger charge is 2.19. The molecular weight excluding hydrogens is 367 g/mol. The van der Waals surface area contributed by atoms with Gasteiger partial charge >= 0.3 is 5.97 Å². The number of aryl methyl sites for hydroxylation is 2. The number of benzene rings is 2. The van der Waals surface area contributed by atoms with Gasteiger partial charge < -0.3 is 9.15 Å². The highest BCUT2D eigenvalue weighted by atomic mass is 32.2. The summed E-state index contributed by atoms with van der Waals surface area (Å²) in [6.45, 7) is 5.71. The molecule has 5 nitrogen and oxygen atoms in total. The van der Waals surface area contributed by atoms with Crippen molar-refractivity contribution in [1.82, 2.24) is 10.2 Å². The molecule has 0 aliphatic heterocycles. The Hall–Kier alpha value is -2.67. The molecule has 1 heterocycles. The van der Waals surface area contributed by atoms with Crippen LogP contribution in [0.25, 0.3) is 11.5 Å². The molecule has 7 heteroatoms. The summed E-state index contributed by atoms with van der Waals surface area (Å²) in [5, 5.41) is 7.84. The fourth-order valence-corrected chi connectivity index (χ4v) is 3.28. The van der Waals surface area contributed by atoms with Crippen LogP contribution in [0.1, 0.15) is 30.0 Å². The number of carbonyl (C=O) groups excluding carboxylic acids is 1. The van der Waals surface area contributed by atoms with Crippen LogP contribution in [-0.4, -0.2) is 21.9 Å². The van der Waals surface area contributed by atoms with E-state index in [1.54, 1.807) is 19.1 Å². The number of hydrogen-bond acceptors (Lipinski definition) is 6. The van der Waals surface area contributed by atoms with Crippen molar-refractivity contribution >= 4 is 17.7 Å². The van der Waals surface area contributed by atoms with Gasteiger partial charge in [-0.25, -0.2) is 4.39 Å². The fourth-order valence-electron chi connectivity index (χ4n) is 2.49. The largest absolute Gasteiger partial charge is 0.452 e. The van der Waals surface area contributed by atoms with Crippen LogP contribution in [0.3, 0.4) is 0 Å². The highest BCUT2D eigenvalue weighted by Crippen LogP contribution is 2.25. The lowest BCUT2D eigenvalue weighted by atomic mass is 10.2. The van der Waals surface area contributed by atoms with E-state index in [0.717, 1.165) is 10.5 Å². The molecule has 0 saturated heterocycles. The first-order valence-electron chi connectivity index (χ1n) is 8.41. The van der Waals surface area contributed by atoms with Gasteiger partial charge in [-0.05, 0) is 56.7 Å². The minimum atomic E-state index is -0.668. The average Bonchev–Trinajstić information content (AvgIpc) is 3.12. The van der Waals surface area contributed by atoms with Crippen LogP contribution < -0.4 is 0 Å². The Balaban J connectivity index is 1.57. The first-order chi connectivity index (χ1) is 12.9. The van der Waals surface area contributed by atoms with Crippen LogP contribution in [0.5, 0.6) is 0 Å². The standard InChI is InChI=1S/C20H19FN2O3S/c1-12-4-9-17(13(2)10-12)27-11-18(24)25-14(3)19-22-23-20(26-19)15-5-7-16(21)8-6-15/h4-10,14H,11H2,1-3H3/t14-/m1/s1. The maximum atomic E-state index is 13.0. The number of carbonyl (C=O) groups is 1. The molecule has 0 N–H and O–H groups in total. The van der Waals surface area contributed by atoms with Crippen molar-refractivity contribution in [1.29, 1.82) is 0 Å². The smallest absolute Gasteiger partial charge is 0.317 e. The molecule has 0 amide bonds. The van der Waals surface area contributed by atoms with E-state index in [9.17, 15) is 9.18 Å². The second-order valence-electron chi connectivity index (χ2n) is 6.14. The van der Waals surface area contributed by atoms with E-state index >= 15 is 0 Å². The summed E-state index contributed by atoms with van der Waals surface area (Å²) < 4.78 is 23.9. The molecule has 0 aliphatic carbocycles. The molecule has 0 aliphatic rings. The van der Waals surface area contributed by atoms with Gasteiger partial charge in [0.1, 0.15) is 5.82 Å². The average molecular weight is 386 g/mol. The van der Waals surface area contributed by atoms with Crippen molar-refractivity contribution in [2.24, 2.45) is 0 Å². The zero-order chi connectivity index (χ0) is 19.4. The molecule has 3 aromatic rings. The third-order valence-corrected chi connectivity index (χ3v) is 5.01. The molecule has 1 aromatic heterocycles. The predicted molar refractivity (Wildman–Crippen MR) is 101 cm³/mol. The number of halogens is 1. The molecule has 140 valence electrons. The first kappa shape index (κ1) is 19.1. The first-order valence-corrected chi connectivity index (χ1v) is 9.40. The Labute approximate surface area is 161 Å². The number of rotatable bonds is 6. The van der Waals surface area contributed by atoms with Crippen LogP contribution in [0.2, 0.25) is 0 Å². The summed E-state index contributed by atoms with van der Waals surface area (Å²) in [7, 11) is 0. The van der Waals surface area contributed by atoms with E-state index in [-0.39, 0.29) is 29.3 Å². The number of thioether (sulfide) groups is 1. The van der Waals surface area contributed by atoms with E-state index in [1.807, 2.05) is 26.0 Å². The predicted octanol–water partition coefficient (Wildman–Crippen LogP) is 4.89. The van der Waals surface area contributed by atoms with Gasteiger partial charge in [0.15, 0.2) is 6.10 Å². The lowest BCUT2D eigenvalue weighted by molar-refractivity contribution is -0.146. The lowest BCUT2D eigenvalue weighted by Gasteiger charge is -2.10. The molecule has 1 atom stereocenters. The zero-order valence-corrected chi connectivity index (χ0v) is 16.0. The summed E-state index contributed by atoms with van der Waals surface area (Å²) in [5.74, 6) is -0.0828. The van der Waals surface area contributed by atoms with Crippen LogP contribution in [-0.2, 0) is 9.53 Å². The maximum absolute atomic E-state index is 13.0. The number of hydrogen-bond donors (Lipinski definition) is 0. The molecule has 0 fully saturated rings. The van der Waals surface area contributed by atoms with Crippen molar-refractivity contribution < 1.29 is 18.3 Å². The van der Waals surface area contributed by atoms with Gasteiger partial charge in [0.25, 0.3) is 5.89 Å². The number of ether oxygens (including phenoxy) is 1. The second-order valence-corrected chi connectivity index (χ2v) is 7.16. The third-order valence-electron chi connectivity index (χ3n) is 3.86. The van der Waals surface area contributed by atoms with Gasteiger partial charge in [-0.15, -0.1) is 22.0 Å². The van der Waals surface area contributed by atoms with Gasteiger partial charge in [-0.2, -0.15) is 0 Å². The summed E-state index contributed by atoms with van der Waals surface area (Å²) in [6, 6.07) is 11.8.